The standard InChI is InChI=1S/C17H32N2O2/c1-5-17(9-7-6-8-10-17)19-13-11-18(12-14-19)15(20)21-16(2,3)4/h5-14H2,1-4H3. The van der Waals surface area contributed by atoms with Crippen LogP contribution in [0.4, 0.5) is 4.79 Å². The summed E-state index contributed by atoms with van der Waals surface area (Å²) in [5.41, 5.74) is 0.000497. The SMILES string of the molecule is CCC1(N2CCN(C(=O)OC(C)(C)C)CC2)CCCCC1. The molecule has 2 aliphatic rings. The summed E-state index contributed by atoms with van der Waals surface area (Å²) in [6.07, 6.45) is 7.85. The Bertz CT molecular complexity index is 348. The Hall–Kier alpha value is -0.770. The van der Waals surface area contributed by atoms with Crippen LogP contribution >= 0.6 is 0 Å². The molecule has 0 unspecified atom stereocenters. The predicted octanol–water partition coefficient (Wildman–Crippen LogP) is 3.65. The third-order valence-electron chi connectivity index (χ3n) is 5.04. The Morgan fingerprint density at radius 2 is 1.62 bits per heavy atom. The maximum atomic E-state index is 12.1. The number of ether oxygens (including phenoxy) is 1. The van der Waals surface area contributed by atoms with E-state index in [-0.39, 0.29) is 6.09 Å². The van der Waals surface area contributed by atoms with Crippen molar-refractivity contribution in [3.05, 3.63) is 0 Å². The second-order valence-electron chi connectivity index (χ2n) is 7.59. The van der Waals surface area contributed by atoms with Gasteiger partial charge >= 0.3 is 6.09 Å². The van der Waals surface area contributed by atoms with E-state index in [1.807, 2.05) is 25.7 Å². The van der Waals surface area contributed by atoms with Crippen molar-refractivity contribution in [1.29, 1.82) is 0 Å². The zero-order valence-electron chi connectivity index (χ0n) is 14.3. The second-order valence-corrected chi connectivity index (χ2v) is 7.59. The number of piperazine rings is 1. The molecule has 2 rings (SSSR count). The summed E-state index contributed by atoms with van der Waals surface area (Å²) in [7, 11) is 0. The number of hydrogen-bond donors (Lipinski definition) is 0. The number of hydrogen-bond acceptors (Lipinski definition) is 3. The van der Waals surface area contributed by atoms with Crippen LogP contribution in [0.2, 0.25) is 0 Å². The zero-order chi connectivity index (χ0) is 15.5. The summed E-state index contributed by atoms with van der Waals surface area (Å²) >= 11 is 0. The van der Waals surface area contributed by atoms with Crippen LogP contribution in [0.5, 0.6) is 0 Å². The Labute approximate surface area is 129 Å². The molecule has 4 nitrogen and oxygen atoms in total. The van der Waals surface area contributed by atoms with Gasteiger partial charge in [0.25, 0.3) is 0 Å². The van der Waals surface area contributed by atoms with Crippen molar-refractivity contribution < 1.29 is 9.53 Å². The van der Waals surface area contributed by atoms with Crippen molar-refractivity contribution in [2.24, 2.45) is 0 Å². The predicted molar refractivity (Wildman–Crippen MR) is 85.5 cm³/mol. The monoisotopic (exact) mass is 296 g/mol. The molecule has 0 aromatic heterocycles. The summed E-state index contributed by atoms with van der Waals surface area (Å²) in [5, 5.41) is 0. The molecule has 0 atom stereocenters. The number of carbonyl (C=O) groups excluding carboxylic acids is 1. The van der Waals surface area contributed by atoms with Crippen LogP contribution in [0.25, 0.3) is 0 Å². The van der Waals surface area contributed by atoms with Gasteiger partial charge in [0.15, 0.2) is 0 Å². The molecule has 122 valence electrons. The topological polar surface area (TPSA) is 32.8 Å². The number of rotatable bonds is 2. The average molecular weight is 296 g/mol. The summed E-state index contributed by atoms with van der Waals surface area (Å²) in [5.74, 6) is 0. The average Bonchev–Trinajstić information content (AvgIpc) is 2.46. The van der Waals surface area contributed by atoms with E-state index in [1.54, 1.807) is 0 Å². The fraction of sp³-hybridized carbons (Fsp3) is 0.941. The highest BCUT2D eigenvalue weighted by Crippen LogP contribution is 2.36. The lowest BCUT2D eigenvalue weighted by molar-refractivity contribution is -0.0151. The Balaban J connectivity index is 1.89. The van der Waals surface area contributed by atoms with E-state index < -0.39 is 5.60 Å². The van der Waals surface area contributed by atoms with Crippen molar-refractivity contribution in [2.75, 3.05) is 26.2 Å². The van der Waals surface area contributed by atoms with Crippen molar-refractivity contribution in [2.45, 2.75) is 77.4 Å². The van der Waals surface area contributed by atoms with Gasteiger partial charge in [-0.3, -0.25) is 4.90 Å². The molecular weight excluding hydrogens is 264 g/mol. The maximum Gasteiger partial charge on any atom is 0.410 e. The van der Waals surface area contributed by atoms with Crippen LogP contribution in [0, 0.1) is 0 Å². The van der Waals surface area contributed by atoms with Gasteiger partial charge in [-0.05, 0) is 40.0 Å². The van der Waals surface area contributed by atoms with Gasteiger partial charge in [0.1, 0.15) is 5.60 Å². The van der Waals surface area contributed by atoms with Gasteiger partial charge in [-0.1, -0.05) is 26.2 Å². The van der Waals surface area contributed by atoms with E-state index in [2.05, 4.69) is 11.8 Å². The van der Waals surface area contributed by atoms with Crippen LogP contribution < -0.4 is 0 Å². The summed E-state index contributed by atoms with van der Waals surface area (Å²) in [4.78, 5) is 16.6. The largest absolute Gasteiger partial charge is 0.444 e. The van der Waals surface area contributed by atoms with Crippen LogP contribution in [0.1, 0.15) is 66.2 Å². The quantitative estimate of drug-likeness (QED) is 0.779. The van der Waals surface area contributed by atoms with Gasteiger partial charge in [0.05, 0.1) is 0 Å². The van der Waals surface area contributed by atoms with Crippen LogP contribution in [0.3, 0.4) is 0 Å². The van der Waals surface area contributed by atoms with Crippen LogP contribution in [0.15, 0.2) is 0 Å². The molecule has 1 saturated heterocycles. The van der Waals surface area contributed by atoms with Crippen molar-refractivity contribution in [3.63, 3.8) is 0 Å². The molecule has 0 bridgehead atoms. The smallest absolute Gasteiger partial charge is 0.410 e. The van der Waals surface area contributed by atoms with Gasteiger partial charge in [0.2, 0.25) is 0 Å². The lowest BCUT2D eigenvalue weighted by atomic mass is 9.78. The lowest BCUT2D eigenvalue weighted by Crippen LogP contribution is -2.58. The van der Waals surface area contributed by atoms with E-state index in [0.717, 1.165) is 26.2 Å². The molecule has 4 heteroatoms. The molecule has 0 radical (unpaired) electrons. The molecule has 0 N–H and O–H groups in total. The molecule has 21 heavy (non-hydrogen) atoms. The van der Waals surface area contributed by atoms with E-state index in [9.17, 15) is 4.79 Å². The van der Waals surface area contributed by atoms with E-state index in [4.69, 9.17) is 4.74 Å². The van der Waals surface area contributed by atoms with Gasteiger partial charge in [-0.15, -0.1) is 0 Å². The highest BCUT2D eigenvalue weighted by molar-refractivity contribution is 5.68. The minimum atomic E-state index is -0.401. The first kappa shape index (κ1) is 16.6. The second kappa shape index (κ2) is 6.55. The number of nitrogens with zero attached hydrogens (tertiary/aromatic N) is 2. The first-order valence-corrected chi connectivity index (χ1v) is 8.59. The van der Waals surface area contributed by atoms with Crippen molar-refractivity contribution in [3.8, 4) is 0 Å². The lowest BCUT2D eigenvalue weighted by Gasteiger charge is -2.49. The van der Waals surface area contributed by atoms with Gasteiger partial charge in [0, 0.05) is 31.7 Å². The van der Waals surface area contributed by atoms with E-state index in [0.29, 0.717) is 5.54 Å². The van der Waals surface area contributed by atoms with Crippen molar-refractivity contribution in [1.82, 2.24) is 9.80 Å². The van der Waals surface area contributed by atoms with Gasteiger partial charge in [-0.25, -0.2) is 4.79 Å². The first-order valence-electron chi connectivity index (χ1n) is 8.59. The first-order chi connectivity index (χ1) is 9.86. The minimum Gasteiger partial charge on any atom is -0.444 e. The molecular formula is C17H32N2O2. The molecule has 0 aromatic rings. The fourth-order valence-corrected chi connectivity index (χ4v) is 3.79. The molecule has 1 heterocycles. The third-order valence-corrected chi connectivity index (χ3v) is 5.04. The summed E-state index contributed by atoms with van der Waals surface area (Å²) in [6, 6.07) is 0. The highest BCUT2D eigenvalue weighted by atomic mass is 16.6. The van der Waals surface area contributed by atoms with E-state index >= 15 is 0 Å². The van der Waals surface area contributed by atoms with Gasteiger partial charge in [-0.2, -0.15) is 0 Å². The van der Waals surface area contributed by atoms with Crippen LogP contribution in [-0.2, 0) is 4.74 Å². The van der Waals surface area contributed by atoms with Gasteiger partial charge < -0.3 is 9.64 Å². The molecule has 1 aliphatic heterocycles. The number of amides is 1. The third kappa shape index (κ3) is 4.12. The Morgan fingerprint density at radius 3 is 2.10 bits per heavy atom. The summed E-state index contributed by atoms with van der Waals surface area (Å²) < 4.78 is 5.48. The molecule has 0 spiro atoms. The fourth-order valence-electron chi connectivity index (χ4n) is 3.79. The minimum absolute atomic E-state index is 0.156. The Morgan fingerprint density at radius 1 is 1.05 bits per heavy atom. The Kier molecular flexibility index (Phi) is 5.18. The van der Waals surface area contributed by atoms with Crippen LogP contribution in [-0.4, -0.2) is 53.2 Å². The number of carbonyl (C=O) groups is 1. The molecule has 0 aromatic carbocycles. The van der Waals surface area contributed by atoms with Crippen molar-refractivity contribution >= 4 is 6.09 Å². The zero-order valence-corrected chi connectivity index (χ0v) is 14.3. The van der Waals surface area contributed by atoms with E-state index in [1.165, 1.54) is 38.5 Å². The molecule has 1 aliphatic carbocycles. The maximum absolute atomic E-state index is 12.1. The molecule has 1 saturated carbocycles. The summed E-state index contributed by atoms with van der Waals surface area (Å²) in [6.45, 7) is 11.7. The molecule has 1 amide bonds. The highest BCUT2D eigenvalue weighted by Gasteiger charge is 2.38. The molecule has 2 fully saturated rings. The normalized spacial score (nSPS) is 23.9.